The van der Waals surface area contributed by atoms with Gasteiger partial charge in [0.25, 0.3) is 5.91 Å². The molecule has 2 aliphatic heterocycles. The van der Waals surface area contributed by atoms with E-state index in [1.807, 2.05) is 36.4 Å². The number of nitrogens with one attached hydrogen (secondary N) is 1. The normalized spacial score (nSPS) is 17.3. The lowest BCUT2D eigenvalue weighted by atomic mass is 10.1. The summed E-state index contributed by atoms with van der Waals surface area (Å²) in [5.74, 6) is -0.0617. The van der Waals surface area contributed by atoms with E-state index in [1.54, 1.807) is 17.0 Å². The van der Waals surface area contributed by atoms with Crippen molar-refractivity contribution in [1.82, 2.24) is 0 Å². The monoisotopic (exact) mass is 365 g/mol. The van der Waals surface area contributed by atoms with Gasteiger partial charge in [-0.15, -0.1) is 0 Å². The summed E-state index contributed by atoms with van der Waals surface area (Å²) in [5, 5.41) is 2.97. The van der Waals surface area contributed by atoms with Gasteiger partial charge >= 0.3 is 0 Å². The number of morpholine rings is 1. The molecule has 6 nitrogen and oxygen atoms in total. The third-order valence-electron chi connectivity index (χ3n) is 4.97. The van der Waals surface area contributed by atoms with Gasteiger partial charge in [0.1, 0.15) is 0 Å². The molecular weight excluding hydrogens is 342 g/mol. The van der Waals surface area contributed by atoms with E-state index in [0.29, 0.717) is 18.5 Å². The molecule has 2 heterocycles. The molecule has 2 amide bonds. The van der Waals surface area contributed by atoms with Crippen molar-refractivity contribution in [2.24, 2.45) is 0 Å². The zero-order chi connectivity index (χ0) is 18.6. The van der Waals surface area contributed by atoms with Gasteiger partial charge in [-0.05, 0) is 42.8 Å². The second-order valence-electron chi connectivity index (χ2n) is 6.80. The van der Waals surface area contributed by atoms with Crippen LogP contribution >= 0.6 is 0 Å². The van der Waals surface area contributed by atoms with Gasteiger partial charge in [0, 0.05) is 48.7 Å². The molecule has 2 saturated heterocycles. The molecule has 0 spiro atoms. The van der Waals surface area contributed by atoms with Gasteiger partial charge in [0.05, 0.1) is 13.2 Å². The Bertz CT molecular complexity index is 846. The van der Waals surface area contributed by atoms with E-state index < -0.39 is 0 Å². The summed E-state index contributed by atoms with van der Waals surface area (Å²) >= 11 is 0. The maximum Gasteiger partial charge on any atom is 0.255 e. The molecule has 0 unspecified atom stereocenters. The number of ether oxygens (including phenoxy) is 1. The Balaban J connectivity index is 1.48. The van der Waals surface area contributed by atoms with Crippen molar-refractivity contribution in [3.05, 3.63) is 54.1 Å². The van der Waals surface area contributed by atoms with Crippen molar-refractivity contribution in [1.29, 1.82) is 0 Å². The highest BCUT2D eigenvalue weighted by Crippen LogP contribution is 2.24. The predicted octanol–water partition coefficient (Wildman–Crippen LogP) is 2.90. The van der Waals surface area contributed by atoms with Gasteiger partial charge in [0.15, 0.2) is 0 Å². The maximum atomic E-state index is 12.7. The number of anilines is 3. The fourth-order valence-corrected chi connectivity index (χ4v) is 3.54. The fourth-order valence-electron chi connectivity index (χ4n) is 3.54. The summed E-state index contributed by atoms with van der Waals surface area (Å²) in [5.41, 5.74) is 3.16. The minimum Gasteiger partial charge on any atom is -0.378 e. The molecule has 4 rings (SSSR count). The SMILES string of the molecule is O=C(Nc1cccc(N2CCOCC2)c1)c1cccc(N2CCCC2=O)c1. The lowest BCUT2D eigenvalue weighted by Crippen LogP contribution is -2.36. The Kier molecular flexibility index (Phi) is 5.07. The molecule has 1 N–H and O–H groups in total. The van der Waals surface area contributed by atoms with Crippen molar-refractivity contribution in [2.75, 3.05) is 48.0 Å². The largest absolute Gasteiger partial charge is 0.378 e. The Morgan fingerprint density at radius 2 is 1.74 bits per heavy atom. The van der Waals surface area contributed by atoms with Gasteiger partial charge in [-0.1, -0.05) is 12.1 Å². The summed E-state index contributed by atoms with van der Waals surface area (Å²) in [7, 11) is 0. The second-order valence-corrected chi connectivity index (χ2v) is 6.80. The molecule has 0 atom stereocenters. The highest BCUT2D eigenvalue weighted by molar-refractivity contribution is 6.06. The van der Waals surface area contributed by atoms with Crippen LogP contribution in [0.3, 0.4) is 0 Å². The van der Waals surface area contributed by atoms with Crippen molar-refractivity contribution >= 4 is 28.9 Å². The average Bonchev–Trinajstić information content (AvgIpc) is 3.15. The second kappa shape index (κ2) is 7.80. The molecule has 0 saturated carbocycles. The van der Waals surface area contributed by atoms with Crippen LogP contribution in [0.25, 0.3) is 0 Å². The standard InChI is InChI=1S/C21H23N3O3/c25-20-8-3-9-24(20)19-7-1-4-16(14-19)21(26)22-17-5-2-6-18(15-17)23-10-12-27-13-11-23/h1-2,4-7,14-15H,3,8-13H2,(H,22,26). The van der Waals surface area contributed by atoms with E-state index in [4.69, 9.17) is 4.74 Å². The molecule has 0 aliphatic carbocycles. The van der Waals surface area contributed by atoms with E-state index in [9.17, 15) is 9.59 Å². The first-order chi connectivity index (χ1) is 13.2. The number of rotatable bonds is 4. The average molecular weight is 365 g/mol. The van der Waals surface area contributed by atoms with Crippen molar-refractivity contribution in [3.63, 3.8) is 0 Å². The molecule has 6 heteroatoms. The highest BCUT2D eigenvalue weighted by Gasteiger charge is 2.22. The highest BCUT2D eigenvalue weighted by atomic mass is 16.5. The number of hydrogen-bond donors (Lipinski definition) is 1. The predicted molar refractivity (Wildman–Crippen MR) is 105 cm³/mol. The molecule has 2 aromatic carbocycles. The van der Waals surface area contributed by atoms with Crippen LogP contribution in [0.4, 0.5) is 17.1 Å². The molecule has 0 radical (unpaired) electrons. The summed E-state index contributed by atoms with van der Waals surface area (Å²) < 4.78 is 5.40. The smallest absolute Gasteiger partial charge is 0.255 e. The Morgan fingerprint density at radius 3 is 2.52 bits per heavy atom. The Morgan fingerprint density at radius 1 is 0.963 bits per heavy atom. The van der Waals surface area contributed by atoms with Crippen LogP contribution < -0.4 is 15.1 Å². The summed E-state index contributed by atoms with van der Waals surface area (Å²) in [6.07, 6.45) is 1.44. The zero-order valence-electron chi connectivity index (χ0n) is 15.2. The van der Waals surface area contributed by atoms with Gasteiger partial charge in [-0.2, -0.15) is 0 Å². The van der Waals surface area contributed by atoms with Crippen LogP contribution in [-0.4, -0.2) is 44.7 Å². The van der Waals surface area contributed by atoms with Crippen LogP contribution in [0, 0.1) is 0 Å². The minimum absolute atomic E-state index is 0.116. The molecule has 140 valence electrons. The molecule has 2 aliphatic rings. The molecule has 0 aromatic heterocycles. The summed E-state index contributed by atoms with van der Waals surface area (Å²) in [6, 6.07) is 15.1. The molecule has 2 fully saturated rings. The number of carbonyl (C=O) groups excluding carboxylic acids is 2. The number of amides is 2. The third-order valence-corrected chi connectivity index (χ3v) is 4.97. The maximum absolute atomic E-state index is 12.7. The number of carbonyl (C=O) groups is 2. The molecule has 0 bridgehead atoms. The van der Waals surface area contributed by atoms with Crippen LogP contribution in [0.5, 0.6) is 0 Å². The van der Waals surface area contributed by atoms with Crippen molar-refractivity contribution in [3.8, 4) is 0 Å². The Hall–Kier alpha value is -2.86. The van der Waals surface area contributed by atoms with Gasteiger partial charge in [0.2, 0.25) is 5.91 Å². The molecular formula is C21H23N3O3. The zero-order valence-corrected chi connectivity index (χ0v) is 15.2. The van der Waals surface area contributed by atoms with Crippen molar-refractivity contribution in [2.45, 2.75) is 12.8 Å². The summed E-state index contributed by atoms with van der Waals surface area (Å²) in [4.78, 5) is 28.6. The number of hydrogen-bond acceptors (Lipinski definition) is 4. The lowest BCUT2D eigenvalue weighted by molar-refractivity contribution is -0.117. The topological polar surface area (TPSA) is 61.9 Å². The lowest BCUT2D eigenvalue weighted by Gasteiger charge is -2.29. The van der Waals surface area contributed by atoms with Crippen LogP contribution in [0.1, 0.15) is 23.2 Å². The van der Waals surface area contributed by atoms with Crippen LogP contribution in [-0.2, 0) is 9.53 Å². The van der Waals surface area contributed by atoms with Crippen molar-refractivity contribution < 1.29 is 14.3 Å². The quantitative estimate of drug-likeness (QED) is 0.905. The summed E-state index contributed by atoms with van der Waals surface area (Å²) in [6.45, 7) is 3.86. The molecule has 27 heavy (non-hydrogen) atoms. The van der Waals surface area contributed by atoms with E-state index in [1.165, 1.54) is 0 Å². The molecule has 2 aromatic rings. The van der Waals surface area contributed by atoms with E-state index in [0.717, 1.165) is 49.8 Å². The van der Waals surface area contributed by atoms with Crippen LogP contribution in [0.2, 0.25) is 0 Å². The minimum atomic E-state index is -0.178. The number of benzene rings is 2. The fraction of sp³-hybridized carbons (Fsp3) is 0.333. The van der Waals surface area contributed by atoms with Gasteiger partial charge in [-0.3, -0.25) is 9.59 Å². The van der Waals surface area contributed by atoms with Gasteiger partial charge < -0.3 is 19.9 Å². The van der Waals surface area contributed by atoms with E-state index in [-0.39, 0.29) is 11.8 Å². The first-order valence-corrected chi connectivity index (χ1v) is 9.35. The Labute approximate surface area is 158 Å². The third kappa shape index (κ3) is 3.95. The van der Waals surface area contributed by atoms with Crippen LogP contribution in [0.15, 0.2) is 48.5 Å². The van der Waals surface area contributed by atoms with E-state index in [2.05, 4.69) is 10.2 Å². The van der Waals surface area contributed by atoms with E-state index >= 15 is 0 Å². The first kappa shape index (κ1) is 17.5. The first-order valence-electron chi connectivity index (χ1n) is 9.35. The van der Waals surface area contributed by atoms with Gasteiger partial charge in [-0.25, -0.2) is 0 Å². The number of nitrogens with zero attached hydrogens (tertiary/aromatic N) is 2.